The predicted octanol–water partition coefficient (Wildman–Crippen LogP) is 1.90. The van der Waals surface area contributed by atoms with Gasteiger partial charge in [0.25, 0.3) is 0 Å². The van der Waals surface area contributed by atoms with Crippen molar-refractivity contribution in [2.45, 2.75) is 59.1 Å². The molecule has 0 aliphatic carbocycles. The fourth-order valence-electron chi connectivity index (χ4n) is 2.86. The number of carbonyl (C=O) groups is 1. The van der Waals surface area contributed by atoms with E-state index in [0.29, 0.717) is 6.42 Å². The second-order valence-electron chi connectivity index (χ2n) is 9.82. The minimum Gasteiger partial charge on any atom is -0.857 e. The first-order valence-corrected chi connectivity index (χ1v) is 11.2. The number of nitrogens with zero attached hydrogens (tertiary/aromatic N) is 2. The van der Waals surface area contributed by atoms with E-state index in [1.165, 1.54) is 5.56 Å². The molecule has 2 atom stereocenters. The van der Waals surface area contributed by atoms with Crippen LogP contribution in [0.2, 0.25) is 0 Å². The molecule has 1 aromatic carbocycles. The Morgan fingerprint density at radius 2 is 1.45 bits per heavy atom. The van der Waals surface area contributed by atoms with Gasteiger partial charge in [-0.25, -0.2) is 0 Å². The molecule has 0 radical (unpaired) electrons. The number of carboxylic acid groups (broad SMARTS) is 1. The third-order valence-corrected chi connectivity index (χ3v) is 4.04. The molecule has 0 heterocycles. The zero-order valence-corrected chi connectivity index (χ0v) is 21.9. The molecule has 1 rings (SSSR count). The minimum absolute atomic E-state index is 0.185. The van der Waals surface area contributed by atoms with Gasteiger partial charge in [0.15, 0.2) is 0 Å². The molecule has 1 aromatic rings. The van der Waals surface area contributed by atoms with Crippen LogP contribution in [0.25, 0.3) is 0 Å². The van der Waals surface area contributed by atoms with Crippen LogP contribution in [0.5, 0.6) is 0 Å². The first-order valence-electron chi connectivity index (χ1n) is 11.2. The second-order valence-corrected chi connectivity index (χ2v) is 9.82. The molecular weight excluding hydrogens is 392 g/mol. The highest BCUT2D eigenvalue weighted by atomic mass is 16.4. The number of rotatable bonds is 9. The van der Waals surface area contributed by atoms with E-state index < -0.39 is 5.97 Å². The van der Waals surface area contributed by atoms with Crippen LogP contribution in [-0.4, -0.2) is 82.1 Å². The van der Waals surface area contributed by atoms with Crippen molar-refractivity contribution in [3.05, 3.63) is 35.9 Å². The zero-order valence-electron chi connectivity index (χ0n) is 21.9. The summed E-state index contributed by atoms with van der Waals surface area (Å²) in [6.45, 7) is 7.67. The maximum absolute atomic E-state index is 10.3. The van der Waals surface area contributed by atoms with E-state index >= 15 is 0 Å². The molecule has 0 saturated heterocycles. The van der Waals surface area contributed by atoms with E-state index in [9.17, 15) is 9.90 Å². The van der Waals surface area contributed by atoms with Crippen LogP contribution < -0.4 is 10.2 Å². The van der Waals surface area contributed by atoms with Gasteiger partial charge in [0.1, 0.15) is 19.2 Å². The molecule has 0 aliphatic rings. The Labute approximate surface area is 192 Å². The lowest BCUT2D eigenvalue weighted by atomic mass is 10.00. The van der Waals surface area contributed by atoms with Gasteiger partial charge in [-0.15, -0.1) is 0 Å². The largest absolute Gasteiger partial charge is 0.857 e. The van der Waals surface area contributed by atoms with Crippen molar-refractivity contribution in [3.8, 4) is 0 Å². The van der Waals surface area contributed by atoms with Crippen molar-refractivity contribution in [1.82, 2.24) is 0 Å². The lowest BCUT2D eigenvalue weighted by Gasteiger charge is -2.24. The number of aliphatic carboxylic acids is 1. The number of carboxylic acids is 1. The number of likely N-dealkylation sites (N-methyl/N-ethyl adjacent to an activating group) is 1. The molecule has 0 bridgehead atoms. The standard InChI is InChI=1S/C10H16N.C8H16O2.C6H16NO.CH3O/c1-11(2,3)9-10-7-5-4-6-8-10;1-3-5-6-7(4-2)8(9)10;1-6(8)5-7(2,3)4;1-2/h4-8H,9H2,1-3H3;7H,3-6H2,1-2H3,(H,9,10);6,8H,5H2,1-4H3;1H3/q+1;;+1;-1/p-1. The average Bonchev–Trinajstić information content (AvgIpc) is 2.62. The topological polar surface area (TPSA) is 83.4 Å². The number of hydrogen-bond donors (Lipinski definition) is 1. The Morgan fingerprint density at radius 1 is 0.968 bits per heavy atom. The summed E-state index contributed by atoms with van der Waals surface area (Å²) in [5, 5.41) is 27.4. The van der Waals surface area contributed by atoms with Gasteiger partial charge < -0.3 is 29.1 Å². The van der Waals surface area contributed by atoms with E-state index in [4.69, 9.17) is 10.2 Å². The fourth-order valence-corrected chi connectivity index (χ4v) is 2.86. The summed E-state index contributed by atoms with van der Waals surface area (Å²) in [6.07, 6.45) is 3.34. The molecule has 184 valence electrons. The maximum Gasteiger partial charge on any atom is 0.104 e. The summed E-state index contributed by atoms with van der Waals surface area (Å²) in [4.78, 5) is 10.3. The highest BCUT2D eigenvalue weighted by molar-refractivity contribution is 5.67. The van der Waals surface area contributed by atoms with Crippen molar-refractivity contribution in [1.29, 1.82) is 0 Å². The molecule has 0 aliphatic heterocycles. The van der Waals surface area contributed by atoms with Gasteiger partial charge in [-0.3, -0.25) is 0 Å². The van der Waals surface area contributed by atoms with E-state index in [1.807, 2.05) is 13.8 Å². The minimum atomic E-state index is -0.893. The Bertz CT molecular complexity index is 521. The van der Waals surface area contributed by atoms with Crippen molar-refractivity contribution in [2.75, 3.05) is 55.9 Å². The molecule has 0 fully saturated rings. The van der Waals surface area contributed by atoms with Gasteiger partial charge in [-0.1, -0.05) is 57.0 Å². The number of aliphatic hydroxyl groups is 1. The van der Waals surface area contributed by atoms with E-state index in [1.54, 1.807) is 0 Å². The molecular formula is C25H50N2O4. The Balaban J connectivity index is -0.000000369. The molecule has 6 heteroatoms. The zero-order chi connectivity index (χ0) is 25.1. The van der Waals surface area contributed by atoms with Crippen LogP contribution in [0, 0.1) is 5.92 Å². The van der Waals surface area contributed by atoms with Crippen LogP contribution in [0.3, 0.4) is 0 Å². The summed E-state index contributed by atoms with van der Waals surface area (Å²) < 4.78 is 1.82. The van der Waals surface area contributed by atoms with Gasteiger partial charge >= 0.3 is 0 Å². The summed E-state index contributed by atoms with van der Waals surface area (Å²) in [5.74, 6) is -1.11. The summed E-state index contributed by atoms with van der Waals surface area (Å²) in [5.41, 5.74) is 1.40. The molecule has 0 spiro atoms. The number of quaternary nitrogens is 2. The van der Waals surface area contributed by atoms with Crippen molar-refractivity contribution >= 4 is 5.97 Å². The van der Waals surface area contributed by atoms with Gasteiger partial charge in [0.2, 0.25) is 0 Å². The maximum atomic E-state index is 10.3. The average molecular weight is 443 g/mol. The number of unbranched alkanes of at least 4 members (excludes halogenated alkanes) is 1. The van der Waals surface area contributed by atoms with Crippen LogP contribution >= 0.6 is 0 Å². The quantitative estimate of drug-likeness (QED) is 0.592. The Morgan fingerprint density at radius 3 is 1.71 bits per heavy atom. The van der Waals surface area contributed by atoms with Crippen LogP contribution in [0.4, 0.5) is 0 Å². The molecule has 0 amide bonds. The van der Waals surface area contributed by atoms with Crippen molar-refractivity contribution < 1.29 is 29.1 Å². The summed E-state index contributed by atoms with van der Waals surface area (Å²) in [6, 6.07) is 10.6. The third kappa shape index (κ3) is 28.5. The highest BCUT2D eigenvalue weighted by Gasteiger charge is 2.09. The Kier molecular flexibility index (Phi) is 21.2. The lowest BCUT2D eigenvalue weighted by molar-refractivity contribution is -0.884. The monoisotopic (exact) mass is 442 g/mol. The number of hydrogen-bond acceptors (Lipinski definition) is 4. The molecule has 2 unspecified atom stereocenters. The van der Waals surface area contributed by atoms with Crippen LogP contribution in [0.1, 0.15) is 52.0 Å². The third-order valence-electron chi connectivity index (χ3n) is 4.04. The normalized spacial score (nSPS) is 12.6. The molecule has 1 N–H and O–H groups in total. The lowest BCUT2D eigenvalue weighted by Crippen LogP contribution is -2.40. The Hall–Kier alpha value is -1.47. The number of carbonyl (C=O) groups excluding carboxylic acids is 1. The first kappa shape index (κ1) is 34.2. The first-order chi connectivity index (χ1) is 14.2. The van der Waals surface area contributed by atoms with Gasteiger partial charge in [-0.2, -0.15) is 7.11 Å². The summed E-state index contributed by atoms with van der Waals surface area (Å²) in [7, 11) is 13.5. The number of aliphatic hydroxyl groups excluding tert-OH is 1. The van der Waals surface area contributed by atoms with Gasteiger partial charge in [0.05, 0.1) is 42.3 Å². The van der Waals surface area contributed by atoms with Crippen molar-refractivity contribution in [2.24, 2.45) is 5.92 Å². The fraction of sp³-hybridized carbons (Fsp3) is 0.720. The smallest absolute Gasteiger partial charge is 0.104 e. The molecule has 0 aromatic heterocycles. The van der Waals surface area contributed by atoms with Gasteiger partial charge in [0, 0.05) is 11.5 Å². The van der Waals surface area contributed by atoms with E-state index in [2.05, 4.69) is 79.5 Å². The molecule has 6 nitrogen and oxygen atoms in total. The van der Waals surface area contributed by atoms with E-state index in [0.717, 1.165) is 48.4 Å². The molecule has 31 heavy (non-hydrogen) atoms. The van der Waals surface area contributed by atoms with Crippen LogP contribution in [0.15, 0.2) is 30.3 Å². The predicted molar refractivity (Wildman–Crippen MR) is 127 cm³/mol. The SMILES string of the molecule is CC(O)C[N+](C)(C)C.CCCCC(CC)C(=O)[O-].C[N+](C)(C)Cc1ccccc1.C[O-]. The second kappa shape index (κ2) is 19.2. The number of benzene rings is 1. The van der Waals surface area contributed by atoms with Crippen molar-refractivity contribution in [3.63, 3.8) is 0 Å². The molecule has 0 saturated carbocycles. The summed E-state index contributed by atoms with van der Waals surface area (Å²) >= 11 is 0. The van der Waals surface area contributed by atoms with Crippen LogP contribution in [-0.2, 0) is 11.3 Å². The van der Waals surface area contributed by atoms with E-state index in [-0.39, 0.29) is 12.0 Å². The highest BCUT2D eigenvalue weighted by Crippen LogP contribution is 2.10. The van der Waals surface area contributed by atoms with Gasteiger partial charge in [-0.05, 0) is 25.7 Å².